The number of carbonyl (C=O) groups is 1. The van der Waals surface area contributed by atoms with Crippen LogP contribution in [0.2, 0.25) is 0 Å². The molecule has 0 unspecified atom stereocenters. The minimum atomic E-state index is -0.529. The summed E-state index contributed by atoms with van der Waals surface area (Å²) >= 11 is 1.72. The summed E-state index contributed by atoms with van der Waals surface area (Å²) < 4.78 is 2.01. The molecule has 0 saturated carbocycles. The van der Waals surface area contributed by atoms with E-state index in [1.807, 2.05) is 29.1 Å². The van der Waals surface area contributed by atoms with Crippen LogP contribution in [0.4, 0.5) is 0 Å². The Morgan fingerprint density at radius 3 is 2.81 bits per heavy atom. The van der Waals surface area contributed by atoms with Gasteiger partial charge in [0.1, 0.15) is 5.00 Å². The van der Waals surface area contributed by atoms with Gasteiger partial charge < -0.3 is 15.0 Å². The third-order valence-corrected chi connectivity index (χ3v) is 5.08. The van der Waals surface area contributed by atoms with Gasteiger partial charge in [0, 0.05) is 23.8 Å². The van der Waals surface area contributed by atoms with Crippen LogP contribution >= 0.6 is 11.3 Å². The SMILES string of the molecule is C[C@H](O)CNC(=O)c1c(-n2cccc2)sc2c1CCCC2. The number of nitrogens with one attached hydrogen (secondary N) is 1. The number of rotatable bonds is 4. The van der Waals surface area contributed by atoms with Crippen LogP contribution in [0, 0.1) is 0 Å². The fourth-order valence-electron chi connectivity index (χ4n) is 2.77. The van der Waals surface area contributed by atoms with Crippen molar-refractivity contribution in [2.24, 2.45) is 0 Å². The van der Waals surface area contributed by atoms with Crippen LogP contribution in [0.5, 0.6) is 0 Å². The topological polar surface area (TPSA) is 54.3 Å². The first-order chi connectivity index (χ1) is 10.2. The number of aryl methyl sites for hydroxylation is 1. The number of carbonyl (C=O) groups excluding carboxylic acids is 1. The third-order valence-electron chi connectivity index (χ3n) is 3.78. The second kappa shape index (κ2) is 6.03. The van der Waals surface area contributed by atoms with Gasteiger partial charge in [-0.2, -0.15) is 0 Å². The van der Waals surface area contributed by atoms with Crippen LogP contribution in [-0.4, -0.2) is 28.2 Å². The van der Waals surface area contributed by atoms with Gasteiger partial charge in [-0.15, -0.1) is 11.3 Å². The van der Waals surface area contributed by atoms with E-state index in [1.54, 1.807) is 18.3 Å². The summed E-state index contributed by atoms with van der Waals surface area (Å²) in [7, 11) is 0. The maximum absolute atomic E-state index is 12.6. The predicted molar refractivity (Wildman–Crippen MR) is 84.3 cm³/mol. The van der Waals surface area contributed by atoms with Gasteiger partial charge in [-0.1, -0.05) is 0 Å². The van der Waals surface area contributed by atoms with Gasteiger partial charge in [0.05, 0.1) is 11.7 Å². The lowest BCUT2D eigenvalue weighted by Crippen LogP contribution is -2.31. The highest BCUT2D eigenvalue weighted by molar-refractivity contribution is 7.15. The minimum Gasteiger partial charge on any atom is -0.392 e. The number of fused-ring (bicyclic) bond motifs is 1. The molecule has 2 aromatic rings. The molecule has 1 aliphatic carbocycles. The predicted octanol–water partition coefficient (Wildman–Crippen LogP) is 2.53. The van der Waals surface area contributed by atoms with E-state index in [4.69, 9.17) is 0 Å². The van der Waals surface area contributed by atoms with Gasteiger partial charge in [0.2, 0.25) is 0 Å². The molecule has 1 aliphatic rings. The molecular formula is C16H20N2O2S. The van der Waals surface area contributed by atoms with E-state index < -0.39 is 6.10 Å². The second-order valence-electron chi connectivity index (χ2n) is 5.54. The minimum absolute atomic E-state index is 0.0704. The molecule has 2 N–H and O–H groups in total. The zero-order valence-corrected chi connectivity index (χ0v) is 12.9. The number of thiophene rings is 1. The first-order valence-electron chi connectivity index (χ1n) is 7.41. The van der Waals surface area contributed by atoms with E-state index in [-0.39, 0.29) is 12.5 Å². The molecule has 0 aromatic carbocycles. The normalized spacial score (nSPS) is 15.5. The zero-order valence-electron chi connectivity index (χ0n) is 12.1. The summed E-state index contributed by atoms with van der Waals surface area (Å²) in [5.41, 5.74) is 2.00. The van der Waals surface area contributed by atoms with E-state index in [1.165, 1.54) is 16.9 Å². The van der Waals surface area contributed by atoms with Crippen molar-refractivity contribution in [1.82, 2.24) is 9.88 Å². The lowest BCUT2D eigenvalue weighted by molar-refractivity contribution is 0.0923. The molecule has 1 atom stereocenters. The van der Waals surface area contributed by atoms with Gasteiger partial charge in [-0.25, -0.2) is 0 Å². The Morgan fingerprint density at radius 2 is 2.10 bits per heavy atom. The highest BCUT2D eigenvalue weighted by Gasteiger charge is 2.25. The number of aliphatic hydroxyl groups is 1. The van der Waals surface area contributed by atoms with Crippen molar-refractivity contribution in [2.75, 3.05) is 6.54 Å². The van der Waals surface area contributed by atoms with E-state index in [0.717, 1.165) is 29.8 Å². The lowest BCUT2D eigenvalue weighted by atomic mass is 9.95. The number of aliphatic hydroxyl groups excluding tert-OH is 1. The van der Waals surface area contributed by atoms with Gasteiger partial charge >= 0.3 is 0 Å². The monoisotopic (exact) mass is 304 g/mol. The van der Waals surface area contributed by atoms with E-state index >= 15 is 0 Å². The van der Waals surface area contributed by atoms with Gasteiger partial charge in [0.25, 0.3) is 5.91 Å². The molecule has 3 rings (SSSR count). The third kappa shape index (κ3) is 2.89. The molecule has 0 aliphatic heterocycles. The molecule has 2 aromatic heterocycles. The Morgan fingerprint density at radius 1 is 1.38 bits per heavy atom. The average molecular weight is 304 g/mol. The van der Waals surface area contributed by atoms with E-state index in [9.17, 15) is 9.90 Å². The number of hydrogen-bond acceptors (Lipinski definition) is 3. The summed E-state index contributed by atoms with van der Waals surface area (Å²) in [6.45, 7) is 1.96. The van der Waals surface area contributed by atoms with Crippen molar-refractivity contribution in [3.63, 3.8) is 0 Å². The largest absolute Gasteiger partial charge is 0.392 e. The molecule has 1 amide bonds. The highest BCUT2D eigenvalue weighted by Crippen LogP contribution is 2.36. The first kappa shape index (κ1) is 14.4. The Balaban J connectivity index is 2.00. The van der Waals surface area contributed by atoms with Gasteiger partial charge in [-0.05, 0) is 50.3 Å². The smallest absolute Gasteiger partial charge is 0.254 e. The molecule has 21 heavy (non-hydrogen) atoms. The molecule has 4 nitrogen and oxygen atoms in total. The van der Waals surface area contributed by atoms with Crippen molar-refractivity contribution < 1.29 is 9.90 Å². The fourth-order valence-corrected chi connectivity index (χ4v) is 4.12. The highest BCUT2D eigenvalue weighted by atomic mass is 32.1. The maximum Gasteiger partial charge on any atom is 0.254 e. The van der Waals surface area contributed by atoms with Crippen molar-refractivity contribution in [3.8, 4) is 5.00 Å². The molecule has 112 valence electrons. The van der Waals surface area contributed by atoms with Crippen LogP contribution in [0.1, 0.15) is 40.6 Å². The summed E-state index contributed by atoms with van der Waals surface area (Å²) in [4.78, 5) is 13.9. The fraction of sp³-hybridized carbons (Fsp3) is 0.438. The van der Waals surface area contributed by atoms with Crippen LogP contribution in [0.25, 0.3) is 5.00 Å². The van der Waals surface area contributed by atoms with Gasteiger partial charge in [0.15, 0.2) is 0 Å². The molecule has 0 bridgehead atoms. The van der Waals surface area contributed by atoms with Crippen molar-refractivity contribution in [1.29, 1.82) is 0 Å². The lowest BCUT2D eigenvalue weighted by Gasteiger charge is -2.13. The Kier molecular flexibility index (Phi) is 4.12. The van der Waals surface area contributed by atoms with E-state index in [2.05, 4.69) is 5.32 Å². The number of amides is 1. The van der Waals surface area contributed by atoms with Crippen molar-refractivity contribution in [3.05, 3.63) is 40.5 Å². The molecular weight excluding hydrogens is 284 g/mol. The number of aromatic nitrogens is 1. The van der Waals surface area contributed by atoms with Crippen LogP contribution in [0.15, 0.2) is 24.5 Å². The summed E-state index contributed by atoms with van der Waals surface area (Å²) in [6, 6.07) is 3.94. The summed E-state index contributed by atoms with van der Waals surface area (Å²) in [5.74, 6) is -0.0704. The first-order valence-corrected chi connectivity index (χ1v) is 8.22. The molecule has 2 heterocycles. The molecule has 0 spiro atoms. The number of hydrogen-bond donors (Lipinski definition) is 2. The van der Waals surface area contributed by atoms with Crippen LogP contribution in [-0.2, 0) is 12.8 Å². The van der Waals surface area contributed by atoms with Crippen LogP contribution in [0.3, 0.4) is 0 Å². The zero-order chi connectivity index (χ0) is 14.8. The summed E-state index contributed by atoms with van der Waals surface area (Å²) in [6.07, 6.45) is 7.81. The average Bonchev–Trinajstić information content (AvgIpc) is 3.11. The van der Waals surface area contributed by atoms with E-state index in [0.29, 0.717) is 0 Å². The van der Waals surface area contributed by atoms with Gasteiger partial charge in [-0.3, -0.25) is 4.79 Å². The van der Waals surface area contributed by atoms with Crippen molar-refractivity contribution in [2.45, 2.75) is 38.7 Å². The summed E-state index contributed by atoms with van der Waals surface area (Å²) in [5, 5.41) is 13.2. The molecule has 5 heteroatoms. The van der Waals surface area contributed by atoms with Crippen molar-refractivity contribution >= 4 is 17.2 Å². The second-order valence-corrected chi connectivity index (χ2v) is 6.62. The molecule has 0 radical (unpaired) electrons. The Hall–Kier alpha value is -1.59. The molecule has 0 fully saturated rings. The molecule has 0 saturated heterocycles. The quantitative estimate of drug-likeness (QED) is 0.912. The maximum atomic E-state index is 12.6. The Bertz CT molecular complexity index is 629. The number of nitrogens with zero attached hydrogens (tertiary/aromatic N) is 1. The standard InChI is InChI=1S/C16H20N2O2S/c1-11(19)10-17-15(20)14-12-6-2-3-7-13(12)21-16(14)18-8-4-5-9-18/h4-5,8-9,11,19H,2-3,6-7,10H2,1H3,(H,17,20)/t11-/m0/s1. The van der Waals surface area contributed by atoms with Crippen LogP contribution < -0.4 is 5.32 Å². The Labute approximate surface area is 128 Å².